The van der Waals surface area contributed by atoms with Gasteiger partial charge in [0.25, 0.3) is 5.92 Å². The van der Waals surface area contributed by atoms with E-state index in [1.54, 1.807) is 0 Å². The van der Waals surface area contributed by atoms with Crippen molar-refractivity contribution in [1.29, 1.82) is 0 Å². The average Bonchev–Trinajstić information content (AvgIpc) is 1.98. The Morgan fingerprint density at radius 1 is 1.08 bits per heavy atom. The van der Waals surface area contributed by atoms with Gasteiger partial charge in [0.15, 0.2) is 6.17 Å². The SMILES string of the molecule is C=CC(F)C(F)(F)CCC(F)(F)F. The fourth-order valence-corrected chi connectivity index (χ4v) is 0.619. The zero-order chi connectivity index (χ0) is 10.7. The highest BCUT2D eigenvalue weighted by molar-refractivity contribution is 4.90. The Labute approximate surface area is 71.2 Å². The van der Waals surface area contributed by atoms with Crippen LogP contribution in [0.5, 0.6) is 0 Å². The first kappa shape index (κ1) is 12.3. The van der Waals surface area contributed by atoms with Crippen molar-refractivity contribution < 1.29 is 26.3 Å². The highest BCUT2D eigenvalue weighted by atomic mass is 19.4. The van der Waals surface area contributed by atoms with Gasteiger partial charge in [0, 0.05) is 12.8 Å². The summed E-state index contributed by atoms with van der Waals surface area (Å²) in [7, 11) is 0. The monoisotopic (exact) mass is 206 g/mol. The molecule has 1 atom stereocenters. The van der Waals surface area contributed by atoms with Crippen LogP contribution in [0.25, 0.3) is 0 Å². The van der Waals surface area contributed by atoms with Crippen LogP contribution in [0.2, 0.25) is 0 Å². The van der Waals surface area contributed by atoms with Gasteiger partial charge in [-0.3, -0.25) is 0 Å². The van der Waals surface area contributed by atoms with Crippen molar-refractivity contribution in [2.24, 2.45) is 0 Å². The van der Waals surface area contributed by atoms with Crippen molar-refractivity contribution in [2.45, 2.75) is 31.1 Å². The van der Waals surface area contributed by atoms with Crippen LogP contribution in [0.1, 0.15) is 12.8 Å². The molecule has 0 spiro atoms. The summed E-state index contributed by atoms with van der Waals surface area (Å²) in [5, 5.41) is 0. The van der Waals surface area contributed by atoms with E-state index in [0.29, 0.717) is 0 Å². The van der Waals surface area contributed by atoms with E-state index in [1.807, 2.05) is 0 Å². The molecule has 13 heavy (non-hydrogen) atoms. The summed E-state index contributed by atoms with van der Waals surface area (Å²) in [6.45, 7) is 2.74. The molecule has 0 heterocycles. The van der Waals surface area contributed by atoms with Gasteiger partial charge in [-0.1, -0.05) is 12.7 Å². The Morgan fingerprint density at radius 3 is 1.85 bits per heavy atom. The van der Waals surface area contributed by atoms with Crippen LogP contribution in [0.4, 0.5) is 26.3 Å². The van der Waals surface area contributed by atoms with Crippen molar-refractivity contribution in [3.8, 4) is 0 Å². The van der Waals surface area contributed by atoms with Gasteiger partial charge in [0.1, 0.15) is 0 Å². The number of rotatable bonds is 4. The van der Waals surface area contributed by atoms with Gasteiger partial charge < -0.3 is 0 Å². The van der Waals surface area contributed by atoms with Crippen molar-refractivity contribution in [2.75, 3.05) is 0 Å². The first-order chi connectivity index (χ1) is 5.69. The Hall–Kier alpha value is -0.680. The molecule has 0 amide bonds. The van der Waals surface area contributed by atoms with Gasteiger partial charge in [-0.25, -0.2) is 13.2 Å². The van der Waals surface area contributed by atoms with Crippen LogP contribution in [0.15, 0.2) is 12.7 Å². The van der Waals surface area contributed by atoms with Crippen molar-refractivity contribution in [1.82, 2.24) is 0 Å². The molecule has 1 unspecified atom stereocenters. The molecule has 0 aliphatic carbocycles. The maximum absolute atomic E-state index is 12.4. The normalized spacial score (nSPS) is 15.5. The minimum atomic E-state index is -4.69. The van der Waals surface area contributed by atoms with E-state index in [2.05, 4.69) is 6.58 Å². The Kier molecular flexibility index (Phi) is 3.81. The number of halogens is 6. The molecule has 0 fully saturated rings. The quantitative estimate of drug-likeness (QED) is 0.488. The molecule has 0 bridgehead atoms. The second-order valence-corrected chi connectivity index (χ2v) is 2.51. The summed E-state index contributed by atoms with van der Waals surface area (Å²) in [6.07, 6.45) is -10.4. The molecule has 0 aliphatic rings. The van der Waals surface area contributed by atoms with E-state index >= 15 is 0 Å². The van der Waals surface area contributed by atoms with Gasteiger partial charge in [-0.05, 0) is 0 Å². The second-order valence-electron chi connectivity index (χ2n) is 2.51. The smallest absolute Gasteiger partial charge is 0.236 e. The summed E-state index contributed by atoms with van der Waals surface area (Å²) >= 11 is 0. The highest BCUT2D eigenvalue weighted by Crippen LogP contribution is 2.32. The third-order valence-corrected chi connectivity index (χ3v) is 1.35. The summed E-state index contributed by atoms with van der Waals surface area (Å²) in [6, 6.07) is 0. The molecule has 0 rings (SSSR count). The molecule has 0 saturated carbocycles. The molecule has 0 aromatic carbocycles. The summed E-state index contributed by atoms with van der Waals surface area (Å²) in [4.78, 5) is 0. The van der Waals surface area contributed by atoms with E-state index in [9.17, 15) is 26.3 Å². The average molecular weight is 206 g/mol. The minimum absolute atomic E-state index is 0.288. The molecule has 0 saturated heterocycles. The lowest BCUT2D eigenvalue weighted by Crippen LogP contribution is -2.30. The largest absolute Gasteiger partial charge is 0.389 e. The van der Waals surface area contributed by atoms with Gasteiger partial charge >= 0.3 is 6.18 Å². The van der Waals surface area contributed by atoms with Crippen molar-refractivity contribution in [3.63, 3.8) is 0 Å². The van der Waals surface area contributed by atoms with Crippen molar-refractivity contribution >= 4 is 0 Å². The van der Waals surface area contributed by atoms with Crippen LogP contribution in [0, 0.1) is 0 Å². The van der Waals surface area contributed by atoms with E-state index in [-0.39, 0.29) is 6.08 Å². The molecule has 78 valence electrons. The number of allylic oxidation sites excluding steroid dienone is 1. The van der Waals surface area contributed by atoms with Crippen LogP contribution < -0.4 is 0 Å². The third-order valence-electron chi connectivity index (χ3n) is 1.35. The summed E-state index contributed by atoms with van der Waals surface area (Å²) in [5.74, 6) is -3.99. The Bertz CT molecular complexity index is 170. The maximum atomic E-state index is 12.4. The standard InChI is InChI=1S/C7H8F6/c1-2-5(8)6(9,10)3-4-7(11,12)13/h2,5H,1,3-4H2. The Balaban J connectivity index is 4.10. The van der Waals surface area contributed by atoms with E-state index in [0.717, 1.165) is 0 Å². The molecule has 0 aromatic rings. The summed E-state index contributed by atoms with van der Waals surface area (Å²) in [5.41, 5.74) is 0. The molecule has 0 aromatic heterocycles. The number of alkyl halides is 6. The zero-order valence-corrected chi connectivity index (χ0v) is 6.54. The molecule has 0 aliphatic heterocycles. The number of hydrogen-bond acceptors (Lipinski definition) is 0. The van der Waals surface area contributed by atoms with Crippen LogP contribution in [-0.4, -0.2) is 18.3 Å². The molecule has 6 heteroatoms. The van der Waals surface area contributed by atoms with Crippen LogP contribution >= 0.6 is 0 Å². The molecular weight excluding hydrogens is 198 g/mol. The summed E-state index contributed by atoms with van der Waals surface area (Å²) < 4.78 is 71.5. The molecule has 0 radical (unpaired) electrons. The predicted molar refractivity (Wildman–Crippen MR) is 35.3 cm³/mol. The third kappa shape index (κ3) is 4.80. The van der Waals surface area contributed by atoms with Crippen LogP contribution in [0.3, 0.4) is 0 Å². The lowest BCUT2D eigenvalue weighted by molar-refractivity contribution is -0.157. The van der Waals surface area contributed by atoms with Gasteiger partial charge in [-0.2, -0.15) is 13.2 Å². The van der Waals surface area contributed by atoms with Crippen LogP contribution in [-0.2, 0) is 0 Å². The minimum Gasteiger partial charge on any atom is -0.236 e. The molecular formula is C7H8F6. The maximum Gasteiger partial charge on any atom is 0.389 e. The van der Waals surface area contributed by atoms with Crippen molar-refractivity contribution in [3.05, 3.63) is 12.7 Å². The second kappa shape index (κ2) is 4.02. The fourth-order valence-electron chi connectivity index (χ4n) is 0.619. The Morgan fingerprint density at radius 2 is 1.54 bits per heavy atom. The molecule has 0 N–H and O–H groups in total. The van der Waals surface area contributed by atoms with Gasteiger partial charge in [0.05, 0.1) is 0 Å². The fraction of sp³-hybridized carbons (Fsp3) is 0.714. The lowest BCUT2D eigenvalue weighted by Gasteiger charge is -2.18. The van der Waals surface area contributed by atoms with E-state index in [4.69, 9.17) is 0 Å². The highest BCUT2D eigenvalue weighted by Gasteiger charge is 2.41. The predicted octanol–water partition coefficient (Wildman–Crippen LogP) is 3.49. The zero-order valence-electron chi connectivity index (χ0n) is 6.54. The number of hydrogen-bond donors (Lipinski definition) is 0. The van der Waals surface area contributed by atoms with E-state index < -0.39 is 31.1 Å². The first-order valence-corrected chi connectivity index (χ1v) is 3.40. The van der Waals surface area contributed by atoms with E-state index in [1.165, 1.54) is 0 Å². The molecule has 0 nitrogen and oxygen atoms in total. The van der Waals surface area contributed by atoms with Gasteiger partial charge in [0.2, 0.25) is 0 Å². The lowest BCUT2D eigenvalue weighted by atomic mass is 10.1. The topological polar surface area (TPSA) is 0 Å². The first-order valence-electron chi connectivity index (χ1n) is 3.40. The van der Waals surface area contributed by atoms with Gasteiger partial charge in [-0.15, -0.1) is 0 Å².